The van der Waals surface area contributed by atoms with Gasteiger partial charge in [-0.15, -0.1) is 0 Å². The average molecular weight is 246 g/mol. The van der Waals surface area contributed by atoms with E-state index in [1.54, 1.807) is 0 Å². The molecule has 0 rings (SSSR count). The molecule has 0 aliphatic heterocycles. The molecule has 0 aliphatic carbocycles. The Morgan fingerprint density at radius 3 is 1.65 bits per heavy atom. The van der Waals surface area contributed by atoms with E-state index in [1.165, 1.54) is 6.42 Å². The van der Waals surface area contributed by atoms with Gasteiger partial charge in [-0.1, -0.05) is 34.6 Å². The SMILES string of the molecule is CC(C)CC(=O)CC(C)CC(C)C.OCCO. The maximum atomic E-state index is 11.4. The fourth-order valence-corrected chi connectivity index (χ4v) is 1.82. The first-order valence-electron chi connectivity index (χ1n) is 6.56. The number of ketones is 1. The fraction of sp³-hybridized carbons (Fsp3) is 0.929. The zero-order valence-corrected chi connectivity index (χ0v) is 12.1. The van der Waals surface area contributed by atoms with Gasteiger partial charge in [-0.3, -0.25) is 4.79 Å². The van der Waals surface area contributed by atoms with Gasteiger partial charge < -0.3 is 10.2 Å². The first kappa shape index (κ1) is 18.9. The van der Waals surface area contributed by atoms with Gasteiger partial charge in [0, 0.05) is 12.8 Å². The molecule has 0 spiro atoms. The third kappa shape index (κ3) is 18.2. The van der Waals surface area contributed by atoms with Crippen molar-refractivity contribution in [3.05, 3.63) is 0 Å². The van der Waals surface area contributed by atoms with Crippen molar-refractivity contribution in [2.45, 2.75) is 53.9 Å². The summed E-state index contributed by atoms with van der Waals surface area (Å²) >= 11 is 0. The number of Topliss-reactive ketones (excluding diaryl/α,β-unsaturated/α-hetero) is 1. The van der Waals surface area contributed by atoms with Crippen molar-refractivity contribution in [2.24, 2.45) is 17.8 Å². The van der Waals surface area contributed by atoms with Gasteiger partial charge in [0.2, 0.25) is 0 Å². The standard InChI is InChI=1S/C12H24O.C2H6O2/c1-9(2)6-11(5)8-12(13)7-10(3)4;3-1-2-4/h9-11H,6-8H2,1-5H3;3-4H,1-2H2. The van der Waals surface area contributed by atoms with E-state index in [4.69, 9.17) is 10.2 Å². The van der Waals surface area contributed by atoms with Crippen molar-refractivity contribution < 1.29 is 15.0 Å². The van der Waals surface area contributed by atoms with Crippen LogP contribution in [0, 0.1) is 17.8 Å². The normalized spacial score (nSPS) is 12.3. The Kier molecular flexibility index (Phi) is 13.4. The highest BCUT2D eigenvalue weighted by molar-refractivity contribution is 5.78. The van der Waals surface area contributed by atoms with E-state index in [-0.39, 0.29) is 13.2 Å². The van der Waals surface area contributed by atoms with Gasteiger partial charge in [-0.05, 0) is 24.2 Å². The summed E-state index contributed by atoms with van der Waals surface area (Å²) in [6, 6.07) is 0. The molecule has 3 heteroatoms. The van der Waals surface area contributed by atoms with Gasteiger partial charge in [0.15, 0.2) is 0 Å². The van der Waals surface area contributed by atoms with Gasteiger partial charge in [0.1, 0.15) is 5.78 Å². The van der Waals surface area contributed by atoms with Crippen molar-refractivity contribution in [1.82, 2.24) is 0 Å². The van der Waals surface area contributed by atoms with Gasteiger partial charge in [0.05, 0.1) is 13.2 Å². The summed E-state index contributed by atoms with van der Waals surface area (Å²) in [4.78, 5) is 11.4. The summed E-state index contributed by atoms with van der Waals surface area (Å²) < 4.78 is 0. The molecular formula is C14H30O3. The molecule has 17 heavy (non-hydrogen) atoms. The topological polar surface area (TPSA) is 57.5 Å². The van der Waals surface area contributed by atoms with Gasteiger partial charge in [-0.25, -0.2) is 0 Å². The maximum absolute atomic E-state index is 11.4. The van der Waals surface area contributed by atoms with Gasteiger partial charge >= 0.3 is 0 Å². The van der Waals surface area contributed by atoms with Gasteiger partial charge in [-0.2, -0.15) is 0 Å². The van der Waals surface area contributed by atoms with Crippen LogP contribution in [0.5, 0.6) is 0 Å². The lowest BCUT2D eigenvalue weighted by Gasteiger charge is -2.13. The number of carbonyl (C=O) groups is 1. The molecule has 0 fully saturated rings. The lowest BCUT2D eigenvalue weighted by atomic mass is 9.92. The van der Waals surface area contributed by atoms with Crippen molar-refractivity contribution >= 4 is 5.78 Å². The number of aliphatic hydroxyl groups is 2. The predicted octanol–water partition coefficient (Wildman–Crippen LogP) is 2.64. The molecule has 0 amide bonds. The van der Waals surface area contributed by atoms with E-state index in [1.807, 2.05) is 0 Å². The third-order valence-corrected chi connectivity index (χ3v) is 2.19. The van der Waals surface area contributed by atoms with Crippen LogP contribution in [-0.4, -0.2) is 29.2 Å². The summed E-state index contributed by atoms with van der Waals surface area (Å²) in [6.45, 7) is 10.6. The Labute approximate surface area is 106 Å². The summed E-state index contributed by atoms with van der Waals surface area (Å²) in [6.07, 6.45) is 2.70. The van der Waals surface area contributed by atoms with Crippen molar-refractivity contribution in [3.8, 4) is 0 Å². The minimum absolute atomic E-state index is 0.125. The average Bonchev–Trinajstić information content (AvgIpc) is 2.15. The molecule has 3 nitrogen and oxygen atoms in total. The minimum Gasteiger partial charge on any atom is -0.394 e. The largest absolute Gasteiger partial charge is 0.394 e. The fourth-order valence-electron chi connectivity index (χ4n) is 1.82. The predicted molar refractivity (Wildman–Crippen MR) is 71.9 cm³/mol. The lowest BCUT2D eigenvalue weighted by molar-refractivity contribution is -0.120. The van der Waals surface area contributed by atoms with E-state index in [9.17, 15) is 4.79 Å². The molecular weight excluding hydrogens is 216 g/mol. The molecule has 2 N–H and O–H groups in total. The molecule has 0 bridgehead atoms. The second kappa shape index (κ2) is 12.1. The van der Waals surface area contributed by atoms with Crippen LogP contribution in [0.15, 0.2) is 0 Å². The molecule has 0 aromatic rings. The number of carbonyl (C=O) groups excluding carboxylic acids is 1. The van der Waals surface area contributed by atoms with E-state index in [0.717, 1.165) is 12.8 Å². The first-order valence-corrected chi connectivity index (χ1v) is 6.56. The van der Waals surface area contributed by atoms with Crippen LogP contribution in [0.1, 0.15) is 53.9 Å². The highest BCUT2D eigenvalue weighted by Crippen LogP contribution is 2.16. The molecule has 1 atom stereocenters. The number of rotatable bonds is 7. The molecule has 104 valence electrons. The molecule has 0 aromatic heterocycles. The number of hydrogen-bond donors (Lipinski definition) is 2. The smallest absolute Gasteiger partial charge is 0.133 e. The van der Waals surface area contributed by atoms with Crippen molar-refractivity contribution in [2.75, 3.05) is 13.2 Å². The molecule has 0 radical (unpaired) electrons. The quantitative estimate of drug-likeness (QED) is 0.726. The van der Waals surface area contributed by atoms with Crippen LogP contribution in [-0.2, 0) is 4.79 Å². The summed E-state index contributed by atoms with van der Waals surface area (Å²) in [5.41, 5.74) is 0. The monoisotopic (exact) mass is 246 g/mol. The van der Waals surface area contributed by atoms with Crippen molar-refractivity contribution in [1.29, 1.82) is 0 Å². The second-order valence-corrected chi connectivity index (χ2v) is 5.52. The van der Waals surface area contributed by atoms with Crippen LogP contribution in [0.3, 0.4) is 0 Å². The molecule has 0 aliphatic rings. The van der Waals surface area contributed by atoms with Crippen LogP contribution < -0.4 is 0 Å². The number of aliphatic hydroxyl groups excluding tert-OH is 2. The van der Waals surface area contributed by atoms with Crippen molar-refractivity contribution in [3.63, 3.8) is 0 Å². The zero-order valence-electron chi connectivity index (χ0n) is 12.1. The van der Waals surface area contributed by atoms with Crippen LogP contribution in [0.2, 0.25) is 0 Å². The van der Waals surface area contributed by atoms with Crippen LogP contribution in [0.4, 0.5) is 0 Å². The highest BCUT2D eigenvalue weighted by Gasteiger charge is 2.11. The third-order valence-electron chi connectivity index (χ3n) is 2.19. The Morgan fingerprint density at radius 1 is 0.882 bits per heavy atom. The summed E-state index contributed by atoms with van der Waals surface area (Å²) in [5.74, 6) is 2.22. The van der Waals surface area contributed by atoms with Crippen LogP contribution >= 0.6 is 0 Å². The molecule has 1 unspecified atom stereocenters. The first-order chi connectivity index (χ1) is 7.83. The Morgan fingerprint density at radius 2 is 1.35 bits per heavy atom. The highest BCUT2D eigenvalue weighted by atomic mass is 16.3. The zero-order chi connectivity index (χ0) is 13.8. The number of hydrogen-bond acceptors (Lipinski definition) is 3. The van der Waals surface area contributed by atoms with E-state index < -0.39 is 0 Å². The van der Waals surface area contributed by atoms with Gasteiger partial charge in [0.25, 0.3) is 0 Å². The Hall–Kier alpha value is -0.410. The van der Waals surface area contributed by atoms with E-state index in [0.29, 0.717) is 23.5 Å². The summed E-state index contributed by atoms with van der Waals surface area (Å²) in [7, 11) is 0. The molecule has 0 saturated carbocycles. The molecule has 0 heterocycles. The molecule has 0 aromatic carbocycles. The minimum atomic E-state index is -0.125. The van der Waals surface area contributed by atoms with Crippen LogP contribution in [0.25, 0.3) is 0 Å². The lowest BCUT2D eigenvalue weighted by Crippen LogP contribution is -2.09. The molecule has 0 saturated heterocycles. The second-order valence-electron chi connectivity index (χ2n) is 5.52. The van der Waals surface area contributed by atoms with E-state index in [2.05, 4.69) is 34.6 Å². The summed E-state index contributed by atoms with van der Waals surface area (Å²) in [5, 5.41) is 15.2. The van der Waals surface area contributed by atoms with E-state index >= 15 is 0 Å². The Balaban J connectivity index is 0. The maximum Gasteiger partial charge on any atom is 0.133 e. The Bertz CT molecular complexity index is 174.